The Morgan fingerprint density at radius 3 is 1.59 bits per heavy atom. The van der Waals surface area contributed by atoms with Gasteiger partial charge in [0.2, 0.25) is 0 Å². The summed E-state index contributed by atoms with van der Waals surface area (Å²) in [6.45, 7) is 0. The monoisotopic (exact) mass is 640 g/mol. The summed E-state index contributed by atoms with van der Waals surface area (Å²) in [6.07, 6.45) is -9.88. The van der Waals surface area contributed by atoms with Crippen molar-refractivity contribution in [3.05, 3.63) is 110 Å². The lowest BCUT2D eigenvalue weighted by Gasteiger charge is -2.22. The summed E-state index contributed by atoms with van der Waals surface area (Å²) in [5, 5.41) is 39.2. The minimum atomic E-state index is -5.38. The summed E-state index contributed by atoms with van der Waals surface area (Å²) in [5.74, 6) is -9.11. The van der Waals surface area contributed by atoms with Gasteiger partial charge in [0, 0.05) is 11.1 Å². The van der Waals surface area contributed by atoms with Crippen LogP contribution in [0.4, 0.5) is 43.9 Å². The molecule has 5 rings (SSSR count). The average Bonchev–Trinajstić information content (AvgIpc) is 3.26. The van der Waals surface area contributed by atoms with Crippen molar-refractivity contribution in [3.63, 3.8) is 0 Å². The molecular weight excluding hydrogens is 630 g/mol. The second-order valence-corrected chi connectivity index (χ2v) is 10.0. The number of alkyl halides is 6. The molecule has 14 heteroatoms. The zero-order valence-electron chi connectivity index (χ0n) is 22.4. The number of nitrogens with zero attached hydrogens (tertiary/aromatic N) is 4. The summed E-state index contributed by atoms with van der Waals surface area (Å²) in [6, 6.07) is 10.7. The molecule has 1 unspecified atom stereocenters. The van der Waals surface area contributed by atoms with E-state index in [4.69, 9.17) is 0 Å². The molecule has 0 spiro atoms. The summed E-state index contributed by atoms with van der Waals surface area (Å²) in [4.78, 5) is 0. The van der Waals surface area contributed by atoms with E-state index in [9.17, 15) is 65.0 Å². The van der Waals surface area contributed by atoms with Gasteiger partial charge in [-0.2, -0.15) is 47.4 Å². The highest BCUT2D eigenvalue weighted by Gasteiger charge is 2.41. The Labute approximate surface area is 252 Å². The molecule has 2 aliphatic carbocycles. The number of benzene rings is 3. The number of halogens is 10. The lowest BCUT2D eigenvalue weighted by atomic mass is 9.80. The van der Waals surface area contributed by atoms with Gasteiger partial charge in [-0.15, -0.1) is 0 Å². The molecule has 0 amide bonds. The van der Waals surface area contributed by atoms with Gasteiger partial charge in [0.25, 0.3) is 0 Å². The molecule has 46 heavy (non-hydrogen) atoms. The van der Waals surface area contributed by atoms with Crippen LogP contribution in [-0.2, 0) is 12.4 Å². The maximum Gasteiger partial charge on any atom is 0.422 e. The van der Waals surface area contributed by atoms with Gasteiger partial charge in [0.1, 0.15) is 52.1 Å². The number of rotatable bonds is 2. The lowest BCUT2D eigenvalue weighted by molar-refractivity contribution is -0.143. The summed E-state index contributed by atoms with van der Waals surface area (Å²) in [7, 11) is 0. The zero-order chi connectivity index (χ0) is 33.9. The summed E-state index contributed by atoms with van der Waals surface area (Å²) < 4.78 is 137. The Balaban J connectivity index is 1.77. The van der Waals surface area contributed by atoms with Crippen molar-refractivity contribution < 1.29 is 43.9 Å². The highest BCUT2D eigenvalue weighted by molar-refractivity contribution is 6.08. The van der Waals surface area contributed by atoms with Crippen LogP contribution in [0, 0.1) is 74.5 Å². The van der Waals surface area contributed by atoms with Gasteiger partial charge in [-0.1, -0.05) is 0 Å². The molecular formula is C32H10F10N4. The third kappa shape index (κ3) is 5.04. The van der Waals surface area contributed by atoms with Crippen molar-refractivity contribution in [2.24, 2.45) is 5.92 Å². The molecule has 0 radical (unpaired) electrons. The first-order chi connectivity index (χ1) is 21.5. The molecule has 0 saturated carbocycles. The first-order valence-corrected chi connectivity index (χ1v) is 12.7. The second kappa shape index (κ2) is 10.9. The molecule has 3 aromatic rings. The second-order valence-electron chi connectivity index (χ2n) is 10.0. The van der Waals surface area contributed by atoms with E-state index in [2.05, 4.69) is 0 Å². The van der Waals surface area contributed by atoms with Gasteiger partial charge >= 0.3 is 12.4 Å². The SMILES string of the molecule is N#CC(C#N)=C1C2=C(CC(C#N)C(c3cc(F)c(C(F)(F)F)c(F)c3)=C2)c2cc(C#N)c(-c3cc(F)c(C(F)(F)F)c(F)c3)cc21. The van der Waals surface area contributed by atoms with E-state index in [0.29, 0.717) is 24.3 Å². The number of hydrogen-bond acceptors (Lipinski definition) is 4. The Kier molecular flexibility index (Phi) is 7.51. The maximum absolute atomic E-state index is 14.5. The lowest BCUT2D eigenvalue weighted by Crippen LogP contribution is -2.13. The first-order valence-electron chi connectivity index (χ1n) is 12.7. The molecule has 0 N–H and O–H groups in total. The molecule has 3 aromatic carbocycles. The van der Waals surface area contributed by atoms with Gasteiger partial charge in [-0.25, -0.2) is 17.6 Å². The van der Waals surface area contributed by atoms with Crippen molar-refractivity contribution in [2.45, 2.75) is 18.8 Å². The van der Waals surface area contributed by atoms with Crippen LogP contribution < -0.4 is 0 Å². The Morgan fingerprint density at radius 2 is 1.15 bits per heavy atom. The molecule has 0 aromatic heterocycles. The molecule has 0 saturated heterocycles. The fraction of sp³-hybridized carbons (Fsp3) is 0.125. The first kappa shape index (κ1) is 31.6. The minimum absolute atomic E-state index is 0.00298. The smallest absolute Gasteiger partial charge is 0.206 e. The van der Waals surface area contributed by atoms with Crippen molar-refractivity contribution in [1.29, 1.82) is 21.0 Å². The number of allylic oxidation sites excluding steroid dienone is 6. The molecule has 0 fully saturated rings. The Bertz CT molecular complexity index is 2080. The van der Waals surface area contributed by atoms with Crippen molar-refractivity contribution in [2.75, 3.05) is 0 Å². The quantitative estimate of drug-likeness (QED) is 0.206. The highest BCUT2D eigenvalue weighted by atomic mass is 19.4. The van der Waals surface area contributed by atoms with E-state index < -0.39 is 69.4 Å². The van der Waals surface area contributed by atoms with Gasteiger partial charge in [-0.3, -0.25) is 0 Å². The molecule has 2 aliphatic rings. The molecule has 228 valence electrons. The predicted molar refractivity (Wildman–Crippen MR) is 140 cm³/mol. The normalized spacial score (nSPS) is 15.7. The number of fused-ring (bicyclic) bond motifs is 2. The molecule has 0 heterocycles. The van der Waals surface area contributed by atoms with E-state index in [1.54, 1.807) is 18.2 Å². The van der Waals surface area contributed by atoms with Crippen LogP contribution in [0.1, 0.15) is 39.8 Å². The van der Waals surface area contributed by atoms with Crippen LogP contribution in [0.15, 0.2) is 53.6 Å². The van der Waals surface area contributed by atoms with Crippen LogP contribution in [0.3, 0.4) is 0 Å². The van der Waals surface area contributed by atoms with E-state index in [1.165, 1.54) is 6.07 Å². The van der Waals surface area contributed by atoms with Gasteiger partial charge < -0.3 is 0 Å². The van der Waals surface area contributed by atoms with Gasteiger partial charge in [-0.05, 0) is 87.9 Å². The van der Waals surface area contributed by atoms with Crippen LogP contribution >= 0.6 is 0 Å². The van der Waals surface area contributed by atoms with Crippen molar-refractivity contribution >= 4 is 16.7 Å². The van der Waals surface area contributed by atoms with Crippen LogP contribution in [0.5, 0.6) is 0 Å². The van der Waals surface area contributed by atoms with Crippen molar-refractivity contribution in [1.82, 2.24) is 0 Å². The molecule has 0 bridgehead atoms. The predicted octanol–water partition coefficient (Wildman–Crippen LogP) is 9.01. The molecule has 4 nitrogen and oxygen atoms in total. The minimum Gasteiger partial charge on any atom is -0.206 e. The van der Waals surface area contributed by atoms with E-state index >= 15 is 0 Å². The van der Waals surface area contributed by atoms with Gasteiger partial charge in [0.05, 0.1) is 23.6 Å². The maximum atomic E-state index is 14.5. The summed E-state index contributed by atoms with van der Waals surface area (Å²) in [5.41, 5.74) is -6.31. The van der Waals surface area contributed by atoms with E-state index in [-0.39, 0.29) is 51.0 Å². The van der Waals surface area contributed by atoms with Crippen LogP contribution in [-0.4, -0.2) is 0 Å². The Hall–Kier alpha value is -5.86. The van der Waals surface area contributed by atoms with Crippen LogP contribution in [0.25, 0.3) is 27.8 Å². The fourth-order valence-corrected chi connectivity index (χ4v) is 5.59. The largest absolute Gasteiger partial charge is 0.422 e. The third-order valence-electron chi connectivity index (χ3n) is 7.48. The van der Waals surface area contributed by atoms with Crippen molar-refractivity contribution in [3.8, 4) is 35.4 Å². The fourth-order valence-electron chi connectivity index (χ4n) is 5.59. The number of hydrogen-bond donors (Lipinski definition) is 0. The topological polar surface area (TPSA) is 95.2 Å². The highest BCUT2D eigenvalue weighted by Crippen LogP contribution is 2.53. The average molecular weight is 640 g/mol. The van der Waals surface area contributed by atoms with E-state index in [1.807, 2.05) is 6.07 Å². The zero-order valence-corrected chi connectivity index (χ0v) is 22.4. The van der Waals surface area contributed by atoms with Crippen LogP contribution in [0.2, 0.25) is 0 Å². The standard InChI is InChI=1S/C32H10F10N4/c33-24-3-13(4-25(34)29(24)31(37,38)39)18-7-22-20(1-15(18)9-43)21-2-16(10-44)19(8-23(21)28(22)17(11-45)12-46)14-5-26(35)30(27(36)6-14)32(40,41)42/h1,3-8,16H,2H2. The molecule has 0 aliphatic heterocycles. The molecule has 1 atom stereocenters. The van der Waals surface area contributed by atoms with Gasteiger partial charge in [0.15, 0.2) is 0 Å². The number of nitriles is 4. The Morgan fingerprint density at radius 1 is 0.652 bits per heavy atom. The summed E-state index contributed by atoms with van der Waals surface area (Å²) >= 11 is 0. The van der Waals surface area contributed by atoms with E-state index in [0.717, 1.165) is 12.1 Å². The third-order valence-corrected chi connectivity index (χ3v) is 7.48.